The van der Waals surface area contributed by atoms with Gasteiger partial charge in [0.15, 0.2) is 0 Å². The molecule has 0 spiro atoms. The Morgan fingerprint density at radius 2 is 1.03 bits per heavy atom. The van der Waals surface area contributed by atoms with Gasteiger partial charge in [-0.05, 0) is 43.2 Å². The van der Waals surface area contributed by atoms with Crippen molar-refractivity contribution in [3.63, 3.8) is 0 Å². The Balaban J connectivity index is -0.000000338. The van der Waals surface area contributed by atoms with Crippen LogP contribution >= 0.6 is 0 Å². The Morgan fingerprint density at radius 3 is 1.29 bits per heavy atom. The van der Waals surface area contributed by atoms with Gasteiger partial charge < -0.3 is 0 Å². The summed E-state index contributed by atoms with van der Waals surface area (Å²) in [6.45, 7) is 22.5. The monoisotopic (exact) mass is 425 g/mol. The SMILES string of the molecule is C=C.C=C.CC.CCc1ccccc1.CCc1ccccc1.CN=NN1CCCCC1. The van der Waals surface area contributed by atoms with Crippen LogP contribution in [0.4, 0.5) is 0 Å². The summed E-state index contributed by atoms with van der Waals surface area (Å²) >= 11 is 0. The Kier molecular flexibility index (Phi) is 31.4. The van der Waals surface area contributed by atoms with Gasteiger partial charge in [-0.25, -0.2) is 0 Å². The fraction of sp³-hybridized carbons (Fsp3) is 0.429. The molecule has 0 aliphatic carbocycles. The van der Waals surface area contributed by atoms with E-state index in [0.717, 1.165) is 25.9 Å². The fourth-order valence-electron chi connectivity index (χ4n) is 2.52. The first-order chi connectivity index (χ1) is 15.3. The standard InChI is InChI=1S/2C8H10.C6H13N3.C2H6.2C2H4/c2*1-2-8-6-4-3-5-7-8;1-7-8-9-5-3-2-4-6-9;3*1-2/h2*3-7H,2H2,1H3;2-6H2,1H3;1-2H3;2*1-2H2. The van der Waals surface area contributed by atoms with Crippen molar-refractivity contribution in [3.05, 3.63) is 98.1 Å². The van der Waals surface area contributed by atoms with Gasteiger partial charge in [-0.3, -0.25) is 5.01 Å². The van der Waals surface area contributed by atoms with E-state index >= 15 is 0 Å². The number of nitrogens with zero attached hydrogens (tertiary/aromatic N) is 3. The molecular formula is C28H47N3. The second-order valence-electron chi connectivity index (χ2n) is 5.98. The van der Waals surface area contributed by atoms with Crippen LogP contribution < -0.4 is 0 Å². The summed E-state index contributed by atoms with van der Waals surface area (Å²) in [7, 11) is 1.72. The second-order valence-corrected chi connectivity index (χ2v) is 5.98. The third-order valence-corrected chi connectivity index (χ3v) is 4.05. The number of piperidine rings is 1. The van der Waals surface area contributed by atoms with Gasteiger partial charge in [0.05, 0.1) is 7.05 Å². The van der Waals surface area contributed by atoms with Crippen LogP contribution in [0.1, 0.15) is 58.1 Å². The van der Waals surface area contributed by atoms with Gasteiger partial charge in [0.25, 0.3) is 0 Å². The molecule has 1 aliphatic heterocycles. The smallest absolute Gasteiger partial charge is 0.0509 e. The number of benzene rings is 2. The molecule has 0 N–H and O–H groups in total. The van der Waals surface area contributed by atoms with Crippen LogP contribution in [0.5, 0.6) is 0 Å². The van der Waals surface area contributed by atoms with Gasteiger partial charge in [0.2, 0.25) is 0 Å². The first kappa shape index (κ1) is 33.0. The fourth-order valence-corrected chi connectivity index (χ4v) is 2.52. The number of hydrogen-bond donors (Lipinski definition) is 0. The van der Waals surface area contributed by atoms with Crippen LogP contribution in [0.25, 0.3) is 0 Å². The molecular weight excluding hydrogens is 378 g/mol. The highest BCUT2D eigenvalue weighted by molar-refractivity contribution is 5.14. The molecule has 2 aromatic rings. The minimum absolute atomic E-state index is 1.09. The van der Waals surface area contributed by atoms with Crippen molar-refractivity contribution in [2.45, 2.75) is 59.8 Å². The molecule has 0 saturated carbocycles. The third kappa shape index (κ3) is 21.8. The highest BCUT2D eigenvalue weighted by atomic mass is 15.5. The zero-order chi connectivity index (χ0) is 24.2. The van der Waals surface area contributed by atoms with Crippen molar-refractivity contribution in [2.24, 2.45) is 10.3 Å². The normalized spacial score (nSPS) is 11.3. The van der Waals surface area contributed by atoms with Gasteiger partial charge >= 0.3 is 0 Å². The van der Waals surface area contributed by atoms with Gasteiger partial charge in [0, 0.05) is 13.1 Å². The molecule has 174 valence electrons. The van der Waals surface area contributed by atoms with Crippen molar-refractivity contribution in [2.75, 3.05) is 20.1 Å². The van der Waals surface area contributed by atoms with Crippen LogP contribution in [-0.2, 0) is 12.8 Å². The molecule has 1 heterocycles. The lowest BCUT2D eigenvalue weighted by Gasteiger charge is -2.21. The van der Waals surface area contributed by atoms with Gasteiger partial charge in [-0.2, -0.15) is 5.11 Å². The van der Waals surface area contributed by atoms with E-state index in [0.29, 0.717) is 0 Å². The largest absolute Gasteiger partial charge is 0.279 e. The summed E-state index contributed by atoms with van der Waals surface area (Å²) in [6, 6.07) is 20.9. The molecule has 0 radical (unpaired) electrons. The molecule has 0 atom stereocenters. The molecule has 0 amide bonds. The van der Waals surface area contributed by atoms with E-state index in [1.807, 2.05) is 31.0 Å². The minimum atomic E-state index is 1.09. The van der Waals surface area contributed by atoms with E-state index in [-0.39, 0.29) is 0 Å². The molecule has 0 bridgehead atoms. The van der Waals surface area contributed by atoms with Crippen LogP contribution in [-0.4, -0.2) is 25.1 Å². The first-order valence-electron chi connectivity index (χ1n) is 11.4. The van der Waals surface area contributed by atoms with Crippen molar-refractivity contribution in [1.82, 2.24) is 5.01 Å². The summed E-state index contributed by atoms with van der Waals surface area (Å²) in [6.07, 6.45) is 6.19. The van der Waals surface area contributed by atoms with Crippen molar-refractivity contribution < 1.29 is 0 Å². The van der Waals surface area contributed by atoms with Gasteiger partial charge in [-0.1, -0.05) is 93.6 Å². The lowest BCUT2D eigenvalue weighted by molar-refractivity contribution is 0.223. The Labute approximate surface area is 193 Å². The van der Waals surface area contributed by atoms with Crippen molar-refractivity contribution >= 4 is 0 Å². The van der Waals surface area contributed by atoms with E-state index in [9.17, 15) is 0 Å². The molecule has 1 saturated heterocycles. The zero-order valence-corrected chi connectivity index (χ0v) is 20.9. The molecule has 0 unspecified atom stereocenters. The lowest BCUT2D eigenvalue weighted by Crippen LogP contribution is -2.23. The number of aryl methyl sites for hydroxylation is 2. The minimum Gasteiger partial charge on any atom is -0.279 e. The maximum absolute atomic E-state index is 3.94. The quantitative estimate of drug-likeness (QED) is 0.357. The van der Waals surface area contributed by atoms with Crippen molar-refractivity contribution in [3.8, 4) is 0 Å². The Bertz CT molecular complexity index is 534. The molecule has 1 fully saturated rings. The summed E-state index contributed by atoms with van der Waals surface area (Å²) in [5.41, 5.74) is 2.82. The van der Waals surface area contributed by atoms with E-state index < -0.39 is 0 Å². The van der Waals surface area contributed by atoms with Crippen LogP contribution in [0.2, 0.25) is 0 Å². The van der Waals surface area contributed by atoms with E-state index in [4.69, 9.17) is 0 Å². The Morgan fingerprint density at radius 1 is 0.677 bits per heavy atom. The van der Waals surface area contributed by atoms with Crippen LogP contribution in [0.3, 0.4) is 0 Å². The first-order valence-corrected chi connectivity index (χ1v) is 11.4. The third-order valence-electron chi connectivity index (χ3n) is 4.05. The van der Waals surface area contributed by atoms with Gasteiger partial charge in [-0.15, -0.1) is 26.3 Å². The lowest BCUT2D eigenvalue weighted by atomic mass is 10.2. The van der Waals surface area contributed by atoms with E-state index in [2.05, 4.69) is 99.0 Å². The summed E-state index contributed by atoms with van der Waals surface area (Å²) in [4.78, 5) is 0. The molecule has 31 heavy (non-hydrogen) atoms. The number of rotatable bonds is 3. The molecule has 3 nitrogen and oxygen atoms in total. The number of hydrogen-bond acceptors (Lipinski definition) is 2. The average molecular weight is 426 g/mol. The van der Waals surface area contributed by atoms with Crippen molar-refractivity contribution in [1.29, 1.82) is 0 Å². The van der Waals surface area contributed by atoms with Crippen LogP contribution in [0, 0.1) is 0 Å². The molecule has 1 aliphatic rings. The predicted molar refractivity (Wildman–Crippen MR) is 142 cm³/mol. The predicted octanol–water partition coefficient (Wildman–Crippen LogP) is 8.60. The topological polar surface area (TPSA) is 28.0 Å². The summed E-state index contributed by atoms with van der Waals surface area (Å²) in [5.74, 6) is 0. The zero-order valence-electron chi connectivity index (χ0n) is 20.9. The molecule has 0 aromatic heterocycles. The van der Waals surface area contributed by atoms with Gasteiger partial charge in [0.1, 0.15) is 0 Å². The molecule has 2 aromatic carbocycles. The Hall–Kier alpha value is -2.68. The summed E-state index contributed by atoms with van der Waals surface area (Å²) in [5, 5.41) is 9.68. The highest BCUT2D eigenvalue weighted by Gasteiger charge is 2.05. The highest BCUT2D eigenvalue weighted by Crippen LogP contribution is 2.08. The van der Waals surface area contributed by atoms with E-state index in [1.165, 1.54) is 30.4 Å². The maximum atomic E-state index is 3.94. The summed E-state index contributed by atoms with van der Waals surface area (Å²) < 4.78 is 0. The molecule has 3 heteroatoms. The van der Waals surface area contributed by atoms with E-state index in [1.54, 1.807) is 7.05 Å². The van der Waals surface area contributed by atoms with Crippen LogP contribution in [0.15, 0.2) is 97.3 Å². The average Bonchev–Trinajstić information content (AvgIpc) is 2.90. The maximum Gasteiger partial charge on any atom is 0.0509 e. The molecule has 3 rings (SSSR count). The second kappa shape index (κ2) is 29.5.